The first-order valence-corrected chi connectivity index (χ1v) is 10.0. The van der Waals surface area contributed by atoms with E-state index in [0.29, 0.717) is 38.9 Å². The summed E-state index contributed by atoms with van der Waals surface area (Å²) >= 11 is 0. The Kier molecular flexibility index (Phi) is 6.65. The topological polar surface area (TPSA) is 75.7 Å². The Bertz CT molecular complexity index is 452. The molecular weight excluding hydrogens is 304 g/mol. The van der Waals surface area contributed by atoms with Crippen LogP contribution in [0.3, 0.4) is 0 Å². The van der Waals surface area contributed by atoms with Crippen molar-refractivity contribution in [3.8, 4) is 0 Å². The molecule has 1 atom stereocenters. The summed E-state index contributed by atoms with van der Waals surface area (Å²) in [6, 6.07) is 0. The van der Waals surface area contributed by atoms with Crippen molar-refractivity contribution in [3.05, 3.63) is 0 Å². The highest BCUT2D eigenvalue weighted by Gasteiger charge is 2.31. The van der Waals surface area contributed by atoms with E-state index in [4.69, 9.17) is 4.74 Å². The summed E-state index contributed by atoms with van der Waals surface area (Å²) in [5, 5.41) is 2.95. The fourth-order valence-electron chi connectivity index (χ4n) is 3.02. The summed E-state index contributed by atoms with van der Waals surface area (Å²) in [5.74, 6) is 0.194. The summed E-state index contributed by atoms with van der Waals surface area (Å²) in [5.41, 5.74) is 0. The number of rotatable bonds is 7. The summed E-state index contributed by atoms with van der Waals surface area (Å²) in [7, 11) is -3.14. The van der Waals surface area contributed by atoms with Gasteiger partial charge >= 0.3 is 0 Å². The van der Waals surface area contributed by atoms with Crippen LogP contribution in [0, 0.1) is 5.92 Å². The van der Waals surface area contributed by atoms with E-state index >= 15 is 0 Å². The van der Waals surface area contributed by atoms with Gasteiger partial charge in [-0.25, -0.2) is 12.7 Å². The molecule has 7 heteroatoms. The number of carbonyl (C=O) groups excluding carboxylic acids is 1. The van der Waals surface area contributed by atoms with Gasteiger partial charge in [-0.05, 0) is 32.1 Å². The molecule has 0 spiro atoms. The molecule has 0 saturated carbocycles. The molecule has 0 aromatic carbocycles. The predicted molar refractivity (Wildman–Crippen MR) is 85.0 cm³/mol. The third kappa shape index (κ3) is 4.93. The summed E-state index contributed by atoms with van der Waals surface area (Å²) in [4.78, 5) is 12.1. The first-order valence-electron chi connectivity index (χ1n) is 8.40. The Hall–Kier alpha value is -0.660. The molecule has 2 aliphatic heterocycles. The number of sulfonamides is 1. The average Bonchev–Trinajstić information content (AvgIpc) is 3.04. The van der Waals surface area contributed by atoms with Gasteiger partial charge in [-0.3, -0.25) is 4.79 Å². The third-order valence-electron chi connectivity index (χ3n) is 4.50. The van der Waals surface area contributed by atoms with E-state index in [0.717, 1.165) is 25.9 Å². The molecule has 0 aromatic heterocycles. The minimum Gasteiger partial charge on any atom is -0.376 e. The standard InChI is InChI=1S/C15H28N2O4S/c1-2-3-11-22(19,20)17-8-6-13(7-9-17)15(18)16-12-14-5-4-10-21-14/h13-14H,2-12H2,1H3,(H,16,18)/t14-/m1/s1. The highest BCUT2D eigenvalue weighted by Crippen LogP contribution is 2.21. The fraction of sp³-hybridized carbons (Fsp3) is 0.933. The van der Waals surface area contributed by atoms with E-state index in [9.17, 15) is 13.2 Å². The van der Waals surface area contributed by atoms with Crippen molar-refractivity contribution in [2.45, 2.75) is 51.6 Å². The monoisotopic (exact) mass is 332 g/mol. The average molecular weight is 332 g/mol. The van der Waals surface area contributed by atoms with Gasteiger partial charge in [0.2, 0.25) is 15.9 Å². The first kappa shape index (κ1) is 17.7. The lowest BCUT2D eigenvalue weighted by Gasteiger charge is -2.30. The number of hydrogen-bond donors (Lipinski definition) is 1. The van der Waals surface area contributed by atoms with Crippen molar-refractivity contribution in [3.63, 3.8) is 0 Å². The lowest BCUT2D eigenvalue weighted by atomic mass is 9.97. The molecule has 0 bridgehead atoms. The van der Waals surface area contributed by atoms with Gasteiger partial charge in [-0.1, -0.05) is 13.3 Å². The Morgan fingerprint density at radius 2 is 2.00 bits per heavy atom. The van der Waals surface area contributed by atoms with E-state index in [1.165, 1.54) is 0 Å². The maximum absolute atomic E-state index is 12.1. The molecule has 6 nitrogen and oxygen atoms in total. The van der Waals surface area contributed by atoms with Gasteiger partial charge < -0.3 is 10.1 Å². The molecule has 2 rings (SSSR count). The number of hydrogen-bond acceptors (Lipinski definition) is 4. The van der Waals surface area contributed by atoms with Gasteiger partial charge in [0.15, 0.2) is 0 Å². The van der Waals surface area contributed by atoms with Gasteiger partial charge in [0.05, 0.1) is 11.9 Å². The van der Waals surface area contributed by atoms with Crippen LogP contribution in [0.4, 0.5) is 0 Å². The molecular formula is C15H28N2O4S. The molecule has 2 fully saturated rings. The van der Waals surface area contributed by atoms with Crippen LogP contribution in [0.1, 0.15) is 45.4 Å². The van der Waals surface area contributed by atoms with Crippen molar-refractivity contribution in [1.29, 1.82) is 0 Å². The largest absolute Gasteiger partial charge is 0.376 e. The number of unbranched alkanes of at least 4 members (excludes halogenated alkanes) is 1. The van der Waals surface area contributed by atoms with E-state index in [2.05, 4.69) is 5.32 Å². The zero-order valence-corrected chi connectivity index (χ0v) is 14.2. The fourth-order valence-corrected chi connectivity index (χ4v) is 4.69. The second kappa shape index (κ2) is 8.26. The second-order valence-corrected chi connectivity index (χ2v) is 8.31. The van der Waals surface area contributed by atoms with Crippen LogP contribution in [-0.2, 0) is 19.6 Å². The molecule has 1 amide bonds. The molecule has 0 radical (unpaired) electrons. The van der Waals surface area contributed by atoms with Crippen LogP contribution in [0.25, 0.3) is 0 Å². The third-order valence-corrected chi connectivity index (χ3v) is 6.46. The predicted octanol–water partition coefficient (Wildman–Crippen LogP) is 1.12. The number of piperidine rings is 1. The maximum atomic E-state index is 12.1. The lowest BCUT2D eigenvalue weighted by Crippen LogP contribution is -2.44. The quantitative estimate of drug-likeness (QED) is 0.758. The smallest absolute Gasteiger partial charge is 0.223 e. The molecule has 22 heavy (non-hydrogen) atoms. The minimum absolute atomic E-state index is 0.0427. The number of nitrogens with zero attached hydrogens (tertiary/aromatic N) is 1. The molecule has 2 saturated heterocycles. The molecule has 1 N–H and O–H groups in total. The Labute approximate surface area is 133 Å². The Morgan fingerprint density at radius 1 is 1.27 bits per heavy atom. The Balaban J connectivity index is 1.72. The van der Waals surface area contributed by atoms with Gasteiger partial charge in [-0.2, -0.15) is 0 Å². The molecule has 0 unspecified atom stereocenters. The van der Waals surface area contributed by atoms with Crippen LogP contribution >= 0.6 is 0 Å². The molecule has 0 aromatic rings. The van der Waals surface area contributed by atoms with E-state index in [1.807, 2.05) is 6.92 Å². The van der Waals surface area contributed by atoms with Crippen molar-refractivity contribution in [1.82, 2.24) is 9.62 Å². The molecule has 2 heterocycles. The number of carbonyl (C=O) groups is 1. The van der Waals surface area contributed by atoms with Crippen molar-refractivity contribution >= 4 is 15.9 Å². The normalized spacial score (nSPS) is 24.5. The van der Waals surface area contributed by atoms with E-state index in [-0.39, 0.29) is 23.7 Å². The van der Waals surface area contributed by atoms with Gasteiger partial charge in [0.25, 0.3) is 0 Å². The molecule has 2 aliphatic rings. The Morgan fingerprint density at radius 3 is 2.59 bits per heavy atom. The second-order valence-electron chi connectivity index (χ2n) is 6.22. The summed E-state index contributed by atoms with van der Waals surface area (Å²) in [6.45, 7) is 4.27. The van der Waals surface area contributed by atoms with E-state index < -0.39 is 10.0 Å². The van der Waals surface area contributed by atoms with Crippen LogP contribution in [0.15, 0.2) is 0 Å². The lowest BCUT2D eigenvalue weighted by molar-refractivity contribution is -0.126. The number of ether oxygens (including phenoxy) is 1. The summed E-state index contributed by atoms with van der Waals surface area (Å²) < 4.78 is 31.3. The highest BCUT2D eigenvalue weighted by molar-refractivity contribution is 7.89. The molecule has 128 valence electrons. The molecule has 0 aliphatic carbocycles. The van der Waals surface area contributed by atoms with Crippen LogP contribution in [0.2, 0.25) is 0 Å². The van der Waals surface area contributed by atoms with Crippen molar-refractivity contribution in [2.75, 3.05) is 32.0 Å². The van der Waals surface area contributed by atoms with Gasteiger partial charge in [0, 0.05) is 32.2 Å². The SMILES string of the molecule is CCCCS(=O)(=O)N1CCC(C(=O)NC[C@H]2CCCO2)CC1. The van der Waals surface area contributed by atoms with Crippen LogP contribution in [0.5, 0.6) is 0 Å². The van der Waals surface area contributed by atoms with Gasteiger partial charge in [-0.15, -0.1) is 0 Å². The van der Waals surface area contributed by atoms with E-state index in [1.54, 1.807) is 4.31 Å². The van der Waals surface area contributed by atoms with Crippen molar-refractivity contribution < 1.29 is 17.9 Å². The number of amides is 1. The highest BCUT2D eigenvalue weighted by atomic mass is 32.2. The van der Waals surface area contributed by atoms with Crippen molar-refractivity contribution in [2.24, 2.45) is 5.92 Å². The maximum Gasteiger partial charge on any atom is 0.223 e. The van der Waals surface area contributed by atoms with Crippen LogP contribution in [-0.4, -0.2) is 56.7 Å². The zero-order chi connectivity index (χ0) is 16.0. The van der Waals surface area contributed by atoms with Gasteiger partial charge in [0.1, 0.15) is 0 Å². The minimum atomic E-state index is -3.14. The first-order chi connectivity index (χ1) is 10.5. The number of nitrogens with one attached hydrogen (secondary N) is 1. The van der Waals surface area contributed by atoms with Crippen LogP contribution < -0.4 is 5.32 Å². The summed E-state index contributed by atoms with van der Waals surface area (Å²) in [6.07, 6.45) is 5.03. The zero-order valence-electron chi connectivity index (χ0n) is 13.4.